The van der Waals surface area contributed by atoms with E-state index in [2.05, 4.69) is 15.3 Å². The van der Waals surface area contributed by atoms with E-state index in [1.807, 2.05) is 30.3 Å². The minimum Gasteiger partial charge on any atom is -0.459 e. The second-order valence-corrected chi connectivity index (χ2v) is 10.4. The number of halogens is 1. The van der Waals surface area contributed by atoms with Crippen LogP contribution >= 0.6 is 11.6 Å². The first-order valence-corrected chi connectivity index (χ1v) is 12.0. The monoisotopic (exact) mass is 525 g/mol. The second kappa shape index (κ2) is 10.2. The van der Waals surface area contributed by atoms with Gasteiger partial charge in [-0.15, -0.1) is 5.10 Å². The van der Waals surface area contributed by atoms with Gasteiger partial charge in [-0.05, 0) is 52.3 Å². The molecular weight excluding hydrogens is 498 g/mol. The number of esters is 2. The maximum absolute atomic E-state index is 12.8. The molecule has 0 fully saturated rings. The molecule has 1 aromatic carbocycles. The molecule has 37 heavy (non-hydrogen) atoms. The smallest absolute Gasteiger partial charge is 0.360 e. The Morgan fingerprint density at radius 3 is 2.43 bits per heavy atom. The van der Waals surface area contributed by atoms with Crippen molar-refractivity contribution in [2.75, 3.05) is 0 Å². The van der Waals surface area contributed by atoms with Crippen LogP contribution in [0.3, 0.4) is 0 Å². The van der Waals surface area contributed by atoms with Gasteiger partial charge in [0.05, 0.1) is 17.8 Å². The summed E-state index contributed by atoms with van der Waals surface area (Å²) in [6.45, 7) is 8.82. The van der Waals surface area contributed by atoms with Crippen LogP contribution in [0, 0.1) is 0 Å². The number of ether oxygens (including phenoxy) is 3. The number of hydrogen-bond donors (Lipinski definition) is 0. The molecule has 0 aliphatic carbocycles. The zero-order valence-corrected chi connectivity index (χ0v) is 22.0. The van der Waals surface area contributed by atoms with Crippen LogP contribution in [0.5, 0.6) is 5.88 Å². The van der Waals surface area contributed by atoms with Gasteiger partial charge in [-0.1, -0.05) is 47.1 Å². The fourth-order valence-corrected chi connectivity index (χ4v) is 3.52. The molecular formula is C26H28ClN5O5. The van der Waals surface area contributed by atoms with Crippen molar-refractivity contribution >= 4 is 29.2 Å². The van der Waals surface area contributed by atoms with Crippen LogP contribution in [0.25, 0.3) is 5.65 Å². The molecule has 4 rings (SSSR count). The van der Waals surface area contributed by atoms with Gasteiger partial charge in [0.1, 0.15) is 23.5 Å². The van der Waals surface area contributed by atoms with Gasteiger partial charge >= 0.3 is 11.9 Å². The summed E-state index contributed by atoms with van der Waals surface area (Å²) in [6, 6.07) is 12.8. The molecule has 0 saturated carbocycles. The van der Waals surface area contributed by atoms with E-state index in [4.69, 9.17) is 25.8 Å². The van der Waals surface area contributed by atoms with Crippen molar-refractivity contribution in [1.29, 1.82) is 0 Å². The number of fused-ring (bicyclic) bond motifs is 1. The summed E-state index contributed by atoms with van der Waals surface area (Å²) in [7, 11) is 0. The molecule has 10 nitrogen and oxygen atoms in total. The quantitative estimate of drug-likeness (QED) is 0.310. The van der Waals surface area contributed by atoms with E-state index >= 15 is 0 Å². The molecule has 0 aliphatic heterocycles. The fourth-order valence-electron chi connectivity index (χ4n) is 3.36. The molecule has 0 unspecified atom stereocenters. The lowest BCUT2D eigenvalue weighted by Gasteiger charge is -2.29. The predicted octanol–water partition coefficient (Wildman–Crippen LogP) is 4.48. The molecule has 0 spiro atoms. The zero-order chi connectivity index (χ0) is 26.8. The van der Waals surface area contributed by atoms with E-state index in [-0.39, 0.29) is 24.7 Å². The number of pyridine rings is 1. The van der Waals surface area contributed by atoms with Crippen LogP contribution in [0.1, 0.15) is 56.4 Å². The summed E-state index contributed by atoms with van der Waals surface area (Å²) < 4.78 is 20.1. The SMILES string of the molecule is CC(C)(C)OC(=O)C(C)(C)Oc1c(Cn2cc(C(=O)OCc3ccccc3)nn2)nc2ccc(Cl)cn12. The standard InChI is InChI=1S/C26H28ClN5O5/c1-25(2,3)37-24(34)26(4,5)36-22-19(28-21-12-11-18(27)13-32(21)22)14-31-15-20(29-30-31)23(33)35-16-17-9-7-6-8-10-17/h6-13,15H,14,16H2,1-5H3. The summed E-state index contributed by atoms with van der Waals surface area (Å²) in [5, 5.41) is 8.43. The van der Waals surface area contributed by atoms with E-state index in [1.165, 1.54) is 10.9 Å². The molecule has 11 heteroatoms. The maximum atomic E-state index is 12.8. The van der Waals surface area contributed by atoms with E-state index in [9.17, 15) is 9.59 Å². The van der Waals surface area contributed by atoms with Crippen LogP contribution in [0.15, 0.2) is 54.9 Å². The Labute approximate surface area is 219 Å². The van der Waals surface area contributed by atoms with E-state index in [0.29, 0.717) is 16.4 Å². The molecule has 0 atom stereocenters. The van der Waals surface area contributed by atoms with Gasteiger partial charge in [0.25, 0.3) is 0 Å². The Balaban J connectivity index is 1.56. The Kier molecular flexibility index (Phi) is 7.22. The van der Waals surface area contributed by atoms with Gasteiger partial charge in [-0.3, -0.25) is 4.40 Å². The third kappa shape index (κ3) is 6.45. The van der Waals surface area contributed by atoms with Crippen molar-refractivity contribution in [1.82, 2.24) is 24.4 Å². The van der Waals surface area contributed by atoms with Gasteiger partial charge in [-0.2, -0.15) is 0 Å². The maximum Gasteiger partial charge on any atom is 0.360 e. The highest BCUT2D eigenvalue weighted by molar-refractivity contribution is 6.30. The first-order valence-electron chi connectivity index (χ1n) is 11.6. The summed E-state index contributed by atoms with van der Waals surface area (Å²) in [5.74, 6) is -0.844. The van der Waals surface area contributed by atoms with Crippen LogP contribution in [-0.2, 0) is 27.4 Å². The number of aromatic nitrogens is 5. The number of carbonyl (C=O) groups excluding carboxylic acids is 2. The summed E-state index contributed by atoms with van der Waals surface area (Å²) in [4.78, 5) is 29.9. The molecule has 194 valence electrons. The highest BCUT2D eigenvalue weighted by Crippen LogP contribution is 2.29. The minimum absolute atomic E-state index is 0.0549. The zero-order valence-electron chi connectivity index (χ0n) is 21.3. The summed E-state index contributed by atoms with van der Waals surface area (Å²) in [5.41, 5.74) is -0.102. The fraction of sp³-hybridized carbons (Fsp3) is 0.346. The third-order valence-corrected chi connectivity index (χ3v) is 5.34. The highest BCUT2D eigenvalue weighted by atomic mass is 35.5. The molecule has 0 saturated heterocycles. The van der Waals surface area contributed by atoms with Crippen LogP contribution in [0.4, 0.5) is 0 Å². The van der Waals surface area contributed by atoms with Crippen LogP contribution in [0.2, 0.25) is 5.02 Å². The van der Waals surface area contributed by atoms with Gasteiger partial charge in [0.2, 0.25) is 11.5 Å². The van der Waals surface area contributed by atoms with Crippen molar-refractivity contribution in [3.05, 3.63) is 76.8 Å². The molecule has 0 bridgehead atoms. The molecule has 3 heterocycles. The Hall–Kier alpha value is -3.92. The van der Waals surface area contributed by atoms with Crippen LogP contribution < -0.4 is 4.74 Å². The topological polar surface area (TPSA) is 110 Å². The lowest BCUT2D eigenvalue weighted by molar-refractivity contribution is -0.171. The van der Waals surface area contributed by atoms with Crippen LogP contribution in [-0.4, -0.2) is 47.5 Å². The first kappa shape index (κ1) is 26.2. The Morgan fingerprint density at radius 2 is 1.73 bits per heavy atom. The van der Waals surface area contributed by atoms with E-state index < -0.39 is 23.1 Å². The molecule has 0 amide bonds. The van der Waals surface area contributed by atoms with Crippen molar-refractivity contribution in [3.63, 3.8) is 0 Å². The predicted molar refractivity (Wildman–Crippen MR) is 135 cm³/mol. The van der Waals surface area contributed by atoms with E-state index in [1.54, 1.807) is 57.3 Å². The highest BCUT2D eigenvalue weighted by Gasteiger charge is 2.36. The minimum atomic E-state index is -1.34. The second-order valence-electron chi connectivity index (χ2n) is 9.92. The average Bonchev–Trinajstić information content (AvgIpc) is 3.42. The first-order chi connectivity index (χ1) is 17.4. The Bertz CT molecular complexity index is 1420. The molecule has 0 radical (unpaired) electrons. The number of imidazole rings is 1. The van der Waals surface area contributed by atoms with Crippen molar-refractivity contribution in [2.24, 2.45) is 0 Å². The lowest BCUT2D eigenvalue weighted by Crippen LogP contribution is -2.43. The Morgan fingerprint density at radius 1 is 1.00 bits per heavy atom. The molecule has 4 aromatic rings. The molecule has 0 N–H and O–H groups in total. The number of hydrogen-bond acceptors (Lipinski definition) is 8. The van der Waals surface area contributed by atoms with Gasteiger partial charge < -0.3 is 14.2 Å². The molecule has 3 aromatic heterocycles. The normalized spacial score (nSPS) is 11.9. The summed E-state index contributed by atoms with van der Waals surface area (Å²) >= 11 is 6.22. The average molecular weight is 526 g/mol. The van der Waals surface area contributed by atoms with Gasteiger partial charge in [0, 0.05) is 6.20 Å². The van der Waals surface area contributed by atoms with Gasteiger partial charge in [-0.25, -0.2) is 19.3 Å². The largest absolute Gasteiger partial charge is 0.459 e. The lowest BCUT2D eigenvalue weighted by atomic mass is 10.1. The number of rotatable bonds is 8. The van der Waals surface area contributed by atoms with Crippen molar-refractivity contribution in [2.45, 2.75) is 59.0 Å². The number of carbonyl (C=O) groups is 2. The summed E-state index contributed by atoms with van der Waals surface area (Å²) in [6.07, 6.45) is 3.11. The number of nitrogens with zero attached hydrogens (tertiary/aromatic N) is 5. The van der Waals surface area contributed by atoms with Crippen molar-refractivity contribution < 1.29 is 23.8 Å². The van der Waals surface area contributed by atoms with Gasteiger partial charge in [0.15, 0.2) is 5.69 Å². The number of benzene rings is 1. The molecule has 0 aliphatic rings. The van der Waals surface area contributed by atoms with E-state index in [0.717, 1.165) is 5.56 Å². The van der Waals surface area contributed by atoms with Crippen molar-refractivity contribution in [3.8, 4) is 5.88 Å². The third-order valence-electron chi connectivity index (χ3n) is 5.12.